The van der Waals surface area contributed by atoms with Crippen LogP contribution in [0, 0.1) is 52.3 Å². The highest BCUT2D eigenvalue weighted by Gasteiger charge is 2.64. The van der Waals surface area contributed by atoms with E-state index < -0.39 is 6.17 Å². The predicted molar refractivity (Wildman–Crippen MR) is 114 cm³/mol. The fourth-order valence-corrected chi connectivity index (χ4v) is 9.37. The van der Waals surface area contributed by atoms with E-state index in [4.69, 9.17) is 5.73 Å². The molecular formula is C25H44FNO. The Labute approximate surface area is 172 Å². The molecule has 0 aromatic carbocycles. The maximum absolute atomic E-state index is 14.4. The van der Waals surface area contributed by atoms with Gasteiger partial charge in [-0.3, -0.25) is 0 Å². The van der Waals surface area contributed by atoms with E-state index >= 15 is 0 Å². The number of fused-ring (bicyclic) bond motifs is 5. The van der Waals surface area contributed by atoms with Crippen LogP contribution < -0.4 is 5.73 Å². The van der Waals surface area contributed by atoms with Crippen LogP contribution in [0.3, 0.4) is 0 Å². The molecule has 0 amide bonds. The van der Waals surface area contributed by atoms with Crippen molar-refractivity contribution in [3.63, 3.8) is 0 Å². The van der Waals surface area contributed by atoms with Crippen molar-refractivity contribution < 1.29 is 9.50 Å². The van der Waals surface area contributed by atoms with Crippen molar-refractivity contribution in [3.8, 4) is 0 Å². The fraction of sp³-hybridized carbons (Fsp3) is 1.00. The Morgan fingerprint density at radius 3 is 2.39 bits per heavy atom. The lowest BCUT2D eigenvalue weighted by atomic mass is 9.41. The van der Waals surface area contributed by atoms with Crippen molar-refractivity contribution in [3.05, 3.63) is 0 Å². The molecule has 0 saturated heterocycles. The minimum absolute atomic E-state index is 0.230. The molecule has 4 rings (SSSR count). The largest absolute Gasteiger partial charge is 0.393 e. The highest BCUT2D eigenvalue weighted by Crippen LogP contribution is 2.69. The molecule has 0 radical (unpaired) electrons. The average Bonchev–Trinajstić information content (AvgIpc) is 3.01. The van der Waals surface area contributed by atoms with Crippen LogP contribution in [-0.4, -0.2) is 23.9 Å². The highest BCUT2D eigenvalue weighted by atomic mass is 19.1. The van der Waals surface area contributed by atoms with Gasteiger partial charge in [0.15, 0.2) is 0 Å². The van der Waals surface area contributed by atoms with Gasteiger partial charge in [-0.15, -0.1) is 0 Å². The quantitative estimate of drug-likeness (QED) is 0.655. The Balaban J connectivity index is 1.67. The number of rotatable bonds is 4. The highest BCUT2D eigenvalue weighted by molar-refractivity contribution is 5.13. The number of halogens is 1. The van der Waals surface area contributed by atoms with Crippen molar-refractivity contribution >= 4 is 0 Å². The maximum Gasteiger partial charge on any atom is 0.100 e. The first-order valence-corrected chi connectivity index (χ1v) is 12.3. The normalized spacial score (nSPS) is 54.5. The third kappa shape index (κ3) is 2.93. The van der Waals surface area contributed by atoms with E-state index in [0.29, 0.717) is 41.4 Å². The first-order valence-electron chi connectivity index (χ1n) is 12.3. The summed E-state index contributed by atoms with van der Waals surface area (Å²) in [6.45, 7) is 10.4. The molecule has 0 aromatic heterocycles. The van der Waals surface area contributed by atoms with Crippen LogP contribution in [-0.2, 0) is 0 Å². The molecule has 4 fully saturated rings. The minimum atomic E-state index is -0.655. The third-order valence-electron chi connectivity index (χ3n) is 10.7. The summed E-state index contributed by atoms with van der Waals surface area (Å²) in [5.74, 6) is 3.75. The SMILES string of the molecule is CC[C@H]1[C@@H](O)[C@@H]2[C@H](CC[C@]3(C)[C@@H]([C@H](C)CCN)CC[C@@H]23)[C@@]2(C)CCC(F)C[C@@H]12. The molecule has 0 aliphatic heterocycles. The summed E-state index contributed by atoms with van der Waals surface area (Å²) < 4.78 is 14.4. The van der Waals surface area contributed by atoms with Gasteiger partial charge in [0.1, 0.15) is 6.17 Å². The van der Waals surface area contributed by atoms with Crippen LogP contribution in [0.5, 0.6) is 0 Å². The Bertz CT molecular complexity index is 569. The summed E-state index contributed by atoms with van der Waals surface area (Å²) in [6, 6.07) is 0. The molecule has 4 aliphatic rings. The average molecular weight is 394 g/mol. The van der Waals surface area contributed by atoms with Crippen molar-refractivity contribution in [2.45, 2.75) is 97.8 Å². The van der Waals surface area contributed by atoms with E-state index in [9.17, 15) is 9.50 Å². The lowest BCUT2D eigenvalue weighted by Crippen LogP contribution is -2.62. The van der Waals surface area contributed by atoms with Gasteiger partial charge in [-0.2, -0.15) is 0 Å². The van der Waals surface area contributed by atoms with Crippen LogP contribution in [0.4, 0.5) is 4.39 Å². The molecule has 11 atom stereocenters. The molecule has 0 aromatic rings. The number of hydrogen-bond acceptors (Lipinski definition) is 2. The van der Waals surface area contributed by atoms with E-state index in [1.54, 1.807) is 0 Å². The summed E-state index contributed by atoms with van der Waals surface area (Å²) in [6.07, 6.45) is 8.80. The Hall–Kier alpha value is -0.150. The first-order chi connectivity index (χ1) is 13.3. The molecule has 3 heteroatoms. The Morgan fingerprint density at radius 2 is 1.71 bits per heavy atom. The first kappa shape index (κ1) is 21.1. The number of nitrogens with two attached hydrogens (primary N) is 1. The van der Waals surface area contributed by atoms with Crippen LogP contribution in [0.2, 0.25) is 0 Å². The Morgan fingerprint density at radius 1 is 1.04 bits per heavy atom. The van der Waals surface area contributed by atoms with Crippen LogP contribution >= 0.6 is 0 Å². The van der Waals surface area contributed by atoms with Crippen LogP contribution in [0.1, 0.15) is 85.5 Å². The van der Waals surface area contributed by atoms with E-state index in [1.807, 2.05) is 0 Å². The summed E-state index contributed by atoms with van der Waals surface area (Å²) in [7, 11) is 0. The van der Waals surface area contributed by atoms with Crippen molar-refractivity contribution in [1.82, 2.24) is 0 Å². The monoisotopic (exact) mass is 393 g/mol. The maximum atomic E-state index is 14.4. The van der Waals surface area contributed by atoms with Gasteiger partial charge in [0, 0.05) is 0 Å². The van der Waals surface area contributed by atoms with E-state index in [-0.39, 0.29) is 17.4 Å². The molecule has 0 spiro atoms. The minimum Gasteiger partial charge on any atom is -0.393 e. The molecule has 3 N–H and O–H groups in total. The Kier molecular flexibility index (Phi) is 5.66. The second-order valence-corrected chi connectivity index (χ2v) is 11.6. The molecule has 1 unspecified atom stereocenters. The second-order valence-electron chi connectivity index (χ2n) is 11.6. The lowest BCUT2D eigenvalue weighted by molar-refractivity contribution is -0.199. The van der Waals surface area contributed by atoms with Gasteiger partial charge >= 0.3 is 0 Å². The van der Waals surface area contributed by atoms with E-state index in [1.165, 1.54) is 25.7 Å². The zero-order valence-corrected chi connectivity index (χ0v) is 18.7. The summed E-state index contributed by atoms with van der Waals surface area (Å²) >= 11 is 0. The van der Waals surface area contributed by atoms with Crippen molar-refractivity contribution in [2.75, 3.05) is 6.54 Å². The molecule has 2 nitrogen and oxygen atoms in total. The molecule has 4 saturated carbocycles. The van der Waals surface area contributed by atoms with Gasteiger partial charge in [-0.1, -0.05) is 34.1 Å². The summed E-state index contributed by atoms with van der Waals surface area (Å²) in [4.78, 5) is 0. The molecule has 28 heavy (non-hydrogen) atoms. The zero-order chi connectivity index (χ0) is 20.3. The van der Waals surface area contributed by atoms with Gasteiger partial charge in [0.05, 0.1) is 6.10 Å². The standard InChI is InChI=1S/C25H44FNO/c1-5-17-21-14-16(26)8-11-25(21,4)20-9-12-24(3)18(15(2)10-13-27)6-7-19(24)22(20)23(17)28/h15-23,28H,5-14,27H2,1-4H3/t15-,16?,17-,18-,19+,20+,21+,22+,23-,24-,25-/m1/s1. The molecular weight excluding hydrogens is 349 g/mol. The van der Waals surface area contributed by atoms with Gasteiger partial charge in [-0.25, -0.2) is 4.39 Å². The van der Waals surface area contributed by atoms with E-state index in [0.717, 1.165) is 38.1 Å². The fourth-order valence-electron chi connectivity index (χ4n) is 9.37. The third-order valence-corrected chi connectivity index (χ3v) is 10.7. The van der Waals surface area contributed by atoms with Gasteiger partial charge in [-0.05, 0) is 110 Å². The van der Waals surface area contributed by atoms with Gasteiger partial charge < -0.3 is 10.8 Å². The second kappa shape index (κ2) is 7.52. The molecule has 4 aliphatic carbocycles. The number of alkyl halides is 1. The number of aliphatic hydroxyl groups is 1. The lowest BCUT2D eigenvalue weighted by Gasteiger charge is -2.64. The van der Waals surface area contributed by atoms with Gasteiger partial charge in [0.2, 0.25) is 0 Å². The van der Waals surface area contributed by atoms with Crippen molar-refractivity contribution in [2.24, 2.45) is 58.0 Å². The number of hydrogen-bond donors (Lipinski definition) is 2. The van der Waals surface area contributed by atoms with Crippen LogP contribution in [0.25, 0.3) is 0 Å². The smallest absolute Gasteiger partial charge is 0.100 e. The van der Waals surface area contributed by atoms with E-state index in [2.05, 4.69) is 27.7 Å². The van der Waals surface area contributed by atoms with Crippen LogP contribution in [0.15, 0.2) is 0 Å². The zero-order valence-electron chi connectivity index (χ0n) is 18.7. The molecule has 162 valence electrons. The predicted octanol–water partition coefficient (Wildman–Crippen LogP) is 5.58. The topological polar surface area (TPSA) is 46.2 Å². The summed E-state index contributed by atoms with van der Waals surface area (Å²) in [5, 5.41) is 11.7. The van der Waals surface area contributed by atoms with Gasteiger partial charge in [0.25, 0.3) is 0 Å². The summed E-state index contributed by atoms with van der Waals surface area (Å²) in [5.41, 5.74) is 6.49. The number of aliphatic hydroxyl groups excluding tert-OH is 1. The van der Waals surface area contributed by atoms with Crippen molar-refractivity contribution in [1.29, 1.82) is 0 Å². The molecule has 0 bridgehead atoms. The molecule has 0 heterocycles.